The lowest BCUT2D eigenvalue weighted by Crippen LogP contribution is -2.50. The zero-order valence-electron chi connectivity index (χ0n) is 21.2. The molecule has 0 aromatic heterocycles. The molecule has 1 aromatic carbocycles. The number of carbonyl (C=O) groups excluding carboxylic acids is 3. The summed E-state index contributed by atoms with van der Waals surface area (Å²) in [5.74, 6) is -1.25. The van der Waals surface area contributed by atoms with Gasteiger partial charge in [-0.1, -0.05) is 12.1 Å². The standard InChI is InChI=1S/C25H35N3O7/c1-25(2,3)35-24(31)27-14-12-26(13-15-27)11-10-18-6-8-19(9-7-18)28-17-34-16-20(22(29)32-4)21(28)23(30)33-5/h6-9H,10-17H2,1-5H3. The lowest BCUT2D eigenvalue weighted by molar-refractivity contribution is -0.140. The summed E-state index contributed by atoms with van der Waals surface area (Å²) >= 11 is 0. The molecule has 2 aliphatic rings. The lowest BCUT2D eigenvalue weighted by atomic mass is 10.1. The molecule has 1 amide bonds. The van der Waals surface area contributed by atoms with Crippen LogP contribution in [0.25, 0.3) is 0 Å². The van der Waals surface area contributed by atoms with E-state index in [1.807, 2.05) is 45.0 Å². The summed E-state index contributed by atoms with van der Waals surface area (Å²) < 4.78 is 20.7. The quantitative estimate of drug-likeness (QED) is 0.440. The number of rotatable bonds is 6. The third-order valence-corrected chi connectivity index (χ3v) is 5.82. The molecule has 0 spiro atoms. The summed E-state index contributed by atoms with van der Waals surface area (Å²) in [6, 6.07) is 7.77. The monoisotopic (exact) mass is 489 g/mol. The number of amides is 1. The fourth-order valence-electron chi connectivity index (χ4n) is 3.96. The maximum Gasteiger partial charge on any atom is 0.410 e. The van der Waals surface area contributed by atoms with E-state index >= 15 is 0 Å². The smallest absolute Gasteiger partial charge is 0.410 e. The maximum absolute atomic E-state index is 12.4. The van der Waals surface area contributed by atoms with Gasteiger partial charge >= 0.3 is 18.0 Å². The Kier molecular flexibility index (Phi) is 8.74. The molecular weight excluding hydrogens is 454 g/mol. The van der Waals surface area contributed by atoms with Gasteiger partial charge in [0.05, 0.1) is 26.4 Å². The van der Waals surface area contributed by atoms with E-state index in [9.17, 15) is 14.4 Å². The highest BCUT2D eigenvalue weighted by atomic mass is 16.6. The van der Waals surface area contributed by atoms with Gasteiger partial charge in [-0.25, -0.2) is 14.4 Å². The maximum atomic E-state index is 12.4. The summed E-state index contributed by atoms with van der Waals surface area (Å²) in [4.78, 5) is 42.5. The first-order valence-electron chi connectivity index (χ1n) is 11.7. The van der Waals surface area contributed by atoms with Crippen molar-refractivity contribution >= 4 is 23.7 Å². The van der Waals surface area contributed by atoms with Crippen molar-refractivity contribution in [2.75, 3.05) is 65.2 Å². The number of methoxy groups -OCH3 is 2. The second-order valence-corrected chi connectivity index (χ2v) is 9.44. The molecule has 10 nitrogen and oxygen atoms in total. The van der Waals surface area contributed by atoms with Crippen molar-refractivity contribution in [1.29, 1.82) is 0 Å². The zero-order valence-corrected chi connectivity index (χ0v) is 21.2. The Morgan fingerprint density at radius 1 is 0.943 bits per heavy atom. The van der Waals surface area contributed by atoms with Gasteiger partial charge in [-0.15, -0.1) is 0 Å². The zero-order chi connectivity index (χ0) is 25.6. The number of anilines is 1. The molecule has 35 heavy (non-hydrogen) atoms. The van der Waals surface area contributed by atoms with E-state index in [1.54, 1.807) is 9.80 Å². The second-order valence-electron chi connectivity index (χ2n) is 9.44. The van der Waals surface area contributed by atoms with Crippen LogP contribution in [0.1, 0.15) is 26.3 Å². The van der Waals surface area contributed by atoms with Crippen LogP contribution in [0.2, 0.25) is 0 Å². The lowest BCUT2D eigenvalue weighted by Gasteiger charge is -2.35. The number of ether oxygens (including phenoxy) is 4. The first-order valence-corrected chi connectivity index (χ1v) is 11.7. The van der Waals surface area contributed by atoms with Gasteiger partial charge in [-0.2, -0.15) is 0 Å². The van der Waals surface area contributed by atoms with Gasteiger partial charge in [0.25, 0.3) is 0 Å². The van der Waals surface area contributed by atoms with Crippen molar-refractivity contribution in [1.82, 2.24) is 9.80 Å². The molecule has 0 atom stereocenters. The van der Waals surface area contributed by atoms with Gasteiger partial charge in [0, 0.05) is 38.4 Å². The van der Waals surface area contributed by atoms with Crippen molar-refractivity contribution in [3.63, 3.8) is 0 Å². The van der Waals surface area contributed by atoms with Gasteiger partial charge in [-0.05, 0) is 44.9 Å². The summed E-state index contributed by atoms with van der Waals surface area (Å²) in [6.07, 6.45) is 0.584. The van der Waals surface area contributed by atoms with Crippen LogP contribution in [-0.2, 0) is 35.0 Å². The number of piperazine rings is 1. The minimum absolute atomic E-state index is 0.0210. The first-order chi connectivity index (χ1) is 16.6. The van der Waals surface area contributed by atoms with E-state index < -0.39 is 17.5 Å². The Morgan fingerprint density at radius 2 is 1.57 bits per heavy atom. The molecule has 1 aromatic rings. The SMILES string of the molecule is COC(=O)C1=C(C(=O)OC)N(c2ccc(CCN3CCN(C(=O)OC(C)(C)C)CC3)cc2)COC1. The molecule has 2 heterocycles. The average Bonchev–Trinajstić information content (AvgIpc) is 2.85. The van der Waals surface area contributed by atoms with Crippen molar-refractivity contribution in [2.24, 2.45) is 0 Å². The summed E-state index contributed by atoms with van der Waals surface area (Å²) in [7, 11) is 2.53. The van der Waals surface area contributed by atoms with Crippen LogP contribution < -0.4 is 4.90 Å². The summed E-state index contributed by atoms with van der Waals surface area (Å²) in [5, 5.41) is 0. The van der Waals surface area contributed by atoms with Gasteiger partial charge in [0.2, 0.25) is 0 Å². The molecule has 192 valence electrons. The number of hydrogen-bond donors (Lipinski definition) is 0. The van der Waals surface area contributed by atoms with Crippen LogP contribution in [0.4, 0.5) is 10.5 Å². The van der Waals surface area contributed by atoms with Crippen molar-refractivity contribution in [3.05, 3.63) is 41.1 Å². The Morgan fingerprint density at radius 3 is 2.14 bits per heavy atom. The van der Waals surface area contributed by atoms with Crippen LogP contribution in [0.3, 0.4) is 0 Å². The number of benzene rings is 1. The molecule has 0 unspecified atom stereocenters. The molecule has 2 aliphatic heterocycles. The minimum atomic E-state index is -0.626. The fourth-order valence-corrected chi connectivity index (χ4v) is 3.96. The van der Waals surface area contributed by atoms with Gasteiger partial charge in [0.15, 0.2) is 0 Å². The average molecular weight is 490 g/mol. The van der Waals surface area contributed by atoms with Crippen LogP contribution in [0.5, 0.6) is 0 Å². The van der Waals surface area contributed by atoms with Crippen molar-refractivity contribution in [2.45, 2.75) is 32.8 Å². The molecule has 1 fully saturated rings. The van der Waals surface area contributed by atoms with Crippen LogP contribution >= 0.6 is 0 Å². The molecule has 0 N–H and O–H groups in total. The molecule has 0 radical (unpaired) electrons. The molecule has 1 saturated heterocycles. The number of esters is 2. The minimum Gasteiger partial charge on any atom is -0.466 e. The van der Waals surface area contributed by atoms with Crippen LogP contribution in [-0.4, -0.2) is 93.7 Å². The molecule has 10 heteroatoms. The van der Waals surface area contributed by atoms with E-state index in [2.05, 4.69) is 4.90 Å². The van der Waals surface area contributed by atoms with E-state index in [4.69, 9.17) is 18.9 Å². The van der Waals surface area contributed by atoms with Crippen molar-refractivity contribution in [3.8, 4) is 0 Å². The van der Waals surface area contributed by atoms with Crippen molar-refractivity contribution < 1.29 is 33.3 Å². The van der Waals surface area contributed by atoms with Gasteiger partial charge < -0.3 is 28.7 Å². The van der Waals surface area contributed by atoms with Crippen LogP contribution in [0.15, 0.2) is 35.5 Å². The molecular formula is C25H35N3O7. The van der Waals surface area contributed by atoms with E-state index in [-0.39, 0.29) is 30.7 Å². The normalized spacial score (nSPS) is 17.3. The highest BCUT2D eigenvalue weighted by molar-refractivity contribution is 6.03. The topological polar surface area (TPSA) is 97.9 Å². The summed E-state index contributed by atoms with van der Waals surface area (Å²) in [5.41, 5.74) is 1.61. The largest absolute Gasteiger partial charge is 0.466 e. The van der Waals surface area contributed by atoms with E-state index in [1.165, 1.54) is 14.2 Å². The van der Waals surface area contributed by atoms with E-state index in [0.717, 1.165) is 31.6 Å². The highest BCUT2D eigenvalue weighted by Gasteiger charge is 2.32. The molecule has 0 aliphatic carbocycles. The number of carbonyl (C=O) groups is 3. The Bertz CT molecular complexity index is 945. The summed E-state index contributed by atoms with van der Waals surface area (Å²) in [6.45, 7) is 9.47. The highest BCUT2D eigenvalue weighted by Crippen LogP contribution is 2.27. The Balaban J connectivity index is 1.58. The van der Waals surface area contributed by atoms with Crippen LogP contribution in [0, 0.1) is 0 Å². The third kappa shape index (κ3) is 6.95. The first kappa shape index (κ1) is 26.5. The molecule has 0 bridgehead atoms. The number of hydrogen-bond acceptors (Lipinski definition) is 9. The Labute approximate surface area is 206 Å². The predicted octanol–water partition coefficient (Wildman–Crippen LogP) is 2.18. The third-order valence-electron chi connectivity index (χ3n) is 5.82. The molecule has 0 saturated carbocycles. The fraction of sp³-hybridized carbons (Fsp3) is 0.560. The Hall–Kier alpha value is -3.11. The van der Waals surface area contributed by atoms with Gasteiger partial charge in [0.1, 0.15) is 18.0 Å². The van der Waals surface area contributed by atoms with Gasteiger partial charge in [-0.3, -0.25) is 4.90 Å². The molecule has 3 rings (SSSR count). The predicted molar refractivity (Wildman–Crippen MR) is 129 cm³/mol. The second kappa shape index (κ2) is 11.5. The number of nitrogens with zero attached hydrogens (tertiary/aromatic N) is 3. The van der Waals surface area contributed by atoms with E-state index in [0.29, 0.717) is 18.8 Å².